The predicted molar refractivity (Wildman–Crippen MR) is 67.9 cm³/mol. The van der Waals surface area contributed by atoms with Crippen LogP contribution in [-0.2, 0) is 4.79 Å². The molecule has 2 unspecified atom stereocenters. The number of likely N-dealkylation sites (tertiary alicyclic amines) is 1. The summed E-state index contributed by atoms with van der Waals surface area (Å²) in [5.41, 5.74) is 0.617. The molecule has 0 spiro atoms. The van der Waals surface area contributed by atoms with Gasteiger partial charge in [0.2, 0.25) is 5.91 Å². The van der Waals surface area contributed by atoms with Gasteiger partial charge in [0, 0.05) is 18.0 Å². The number of hydrogen-bond acceptors (Lipinski definition) is 2. The standard InChI is InChI=1S/C15H17NO2/c17-14(12-6-2-1-3-7-12)16-10-11-5-4-8-13(9-11)15(16)18/h1-3,6-7,11,13H,4-5,8-10H2. The number of piperidine rings is 1. The Labute approximate surface area is 107 Å². The SMILES string of the molecule is O=C(c1ccccc1)N1CC2CCCC(C2)C1=O. The average molecular weight is 243 g/mol. The molecule has 3 rings (SSSR count). The van der Waals surface area contributed by atoms with Gasteiger partial charge >= 0.3 is 0 Å². The molecule has 3 nitrogen and oxygen atoms in total. The molecule has 0 radical (unpaired) electrons. The van der Waals surface area contributed by atoms with Gasteiger partial charge in [-0.25, -0.2) is 0 Å². The highest BCUT2D eigenvalue weighted by atomic mass is 16.2. The van der Waals surface area contributed by atoms with E-state index < -0.39 is 0 Å². The largest absolute Gasteiger partial charge is 0.278 e. The van der Waals surface area contributed by atoms with Gasteiger partial charge in [0.1, 0.15) is 0 Å². The van der Waals surface area contributed by atoms with Crippen molar-refractivity contribution in [2.75, 3.05) is 6.54 Å². The van der Waals surface area contributed by atoms with Crippen molar-refractivity contribution in [3.8, 4) is 0 Å². The van der Waals surface area contributed by atoms with Crippen molar-refractivity contribution in [2.24, 2.45) is 11.8 Å². The van der Waals surface area contributed by atoms with Crippen LogP contribution in [0.1, 0.15) is 36.0 Å². The minimum Gasteiger partial charge on any atom is -0.278 e. The number of carbonyl (C=O) groups is 2. The minimum atomic E-state index is -0.128. The van der Waals surface area contributed by atoms with Crippen LogP contribution in [-0.4, -0.2) is 23.3 Å². The molecule has 94 valence electrons. The smallest absolute Gasteiger partial charge is 0.260 e. The number of nitrogens with zero attached hydrogens (tertiary/aromatic N) is 1. The van der Waals surface area contributed by atoms with Crippen LogP contribution >= 0.6 is 0 Å². The van der Waals surface area contributed by atoms with E-state index in [1.54, 1.807) is 12.1 Å². The summed E-state index contributed by atoms with van der Waals surface area (Å²) in [6.45, 7) is 0.614. The third kappa shape index (κ3) is 1.94. The second-order valence-corrected chi connectivity index (χ2v) is 5.35. The van der Waals surface area contributed by atoms with Crippen molar-refractivity contribution >= 4 is 11.8 Å². The Morgan fingerprint density at radius 1 is 1.17 bits per heavy atom. The molecule has 0 aromatic heterocycles. The molecule has 1 aromatic rings. The van der Waals surface area contributed by atoms with Crippen molar-refractivity contribution in [3.63, 3.8) is 0 Å². The van der Waals surface area contributed by atoms with E-state index in [2.05, 4.69) is 0 Å². The maximum atomic E-state index is 12.3. The van der Waals surface area contributed by atoms with Gasteiger partial charge in [-0.15, -0.1) is 0 Å². The first-order valence-electron chi connectivity index (χ1n) is 6.66. The molecule has 3 heteroatoms. The van der Waals surface area contributed by atoms with Gasteiger partial charge in [0.25, 0.3) is 5.91 Å². The van der Waals surface area contributed by atoms with Crippen molar-refractivity contribution in [1.29, 1.82) is 0 Å². The van der Waals surface area contributed by atoms with Gasteiger partial charge in [0.05, 0.1) is 0 Å². The number of carbonyl (C=O) groups excluding carboxylic acids is 2. The highest BCUT2D eigenvalue weighted by Gasteiger charge is 2.39. The van der Waals surface area contributed by atoms with Crippen molar-refractivity contribution < 1.29 is 9.59 Å². The molecule has 0 N–H and O–H groups in total. The molecule has 2 aliphatic rings. The van der Waals surface area contributed by atoms with Crippen LogP contribution in [0.4, 0.5) is 0 Å². The molecule has 2 atom stereocenters. The fraction of sp³-hybridized carbons (Fsp3) is 0.467. The summed E-state index contributed by atoms with van der Waals surface area (Å²) in [4.78, 5) is 26.1. The molecular formula is C15H17NO2. The summed E-state index contributed by atoms with van der Waals surface area (Å²) in [6.07, 6.45) is 4.22. The van der Waals surface area contributed by atoms with E-state index >= 15 is 0 Å². The third-order valence-electron chi connectivity index (χ3n) is 4.10. The van der Waals surface area contributed by atoms with Crippen molar-refractivity contribution in [3.05, 3.63) is 35.9 Å². The lowest BCUT2D eigenvalue weighted by atomic mass is 9.77. The lowest BCUT2D eigenvalue weighted by molar-refractivity contribution is -0.138. The summed E-state index contributed by atoms with van der Waals surface area (Å²) in [7, 11) is 0. The summed E-state index contributed by atoms with van der Waals surface area (Å²) in [5.74, 6) is 0.524. The molecule has 1 saturated carbocycles. The first-order valence-corrected chi connectivity index (χ1v) is 6.66. The second-order valence-electron chi connectivity index (χ2n) is 5.35. The van der Waals surface area contributed by atoms with Gasteiger partial charge in [0.15, 0.2) is 0 Å². The first kappa shape index (κ1) is 11.5. The van der Waals surface area contributed by atoms with Gasteiger partial charge in [-0.2, -0.15) is 0 Å². The Hall–Kier alpha value is -1.64. The van der Waals surface area contributed by atoms with Gasteiger partial charge in [-0.1, -0.05) is 24.6 Å². The molecule has 2 bridgehead atoms. The topological polar surface area (TPSA) is 37.4 Å². The Morgan fingerprint density at radius 2 is 1.94 bits per heavy atom. The predicted octanol–water partition coefficient (Wildman–Crippen LogP) is 2.48. The summed E-state index contributed by atoms with van der Waals surface area (Å²) >= 11 is 0. The molecule has 1 aromatic carbocycles. The maximum absolute atomic E-state index is 12.3. The zero-order chi connectivity index (χ0) is 12.5. The van der Waals surface area contributed by atoms with Crippen LogP contribution in [0.5, 0.6) is 0 Å². The van der Waals surface area contributed by atoms with E-state index in [1.807, 2.05) is 18.2 Å². The van der Waals surface area contributed by atoms with E-state index in [0.29, 0.717) is 18.0 Å². The highest BCUT2D eigenvalue weighted by Crippen LogP contribution is 2.35. The number of hydrogen-bond donors (Lipinski definition) is 0. The molecular weight excluding hydrogens is 226 g/mol. The van der Waals surface area contributed by atoms with Crippen LogP contribution < -0.4 is 0 Å². The molecule has 1 aliphatic heterocycles. The quantitative estimate of drug-likeness (QED) is 0.711. The van der Waals surface area contributed by atoms with Crippen LogP contribution in [0.25, 0.3) is 0 Å². The van der Waals surface area contributed by atoms with Gasteiger partial charge in [-0.05, 0) is 37.3 Å². The van der Waals surface area contributed by atoms with Crippen LogP contribution in [0.3, 0.4) is 0 Å². The monoisotopic (exact) mass is 243 g/mol. The fourth-order valence-electron chi connectivity index (χ4n) is 3.17. The number of imide groups is 1. The number of amides is 2. The number of benzene rings is 1. The molecule has 1 heterocycles. The number of fused-ring (bicyclic) bond motifs is 2. The Bertz CT molecular complexity index is 469. The first-order chi connectivity index (χ1) is 8.75. The van der Waals surface area contributed by atoms with Crippen LogP contribution in [0.2, 0.25) is 0 Å². The molecule has 1 aliphatic carbocycles. The van der Waals surface area contributed by atoms with Gasteiger partial charge < -0.3 is 0 Å². The summed E-state index contributed by atoms with van der Waals surface area (Å²) < 4.78 is 0. The van der Waals surface area contributed by atoms with E-state index in [-0.39, 0.29) is 17.7 Å². The molecule has 2 fully saturated rings. The third-order valence-corrected chi connectivity index (χ3v) is 4.10. The van der Waals surface area contributed by atoms with Crippen molar-refractivity contribution in [1.82, 2.24) is 4.90 Å². The lowest BCUT2D eigenvalue weighted by Crippen LogP contribution is -2.49. The van der Waals surface area contributed by atoms with E-state index in [4.69, 9.17) is 0 Å². The van der Waals surface area contributed by atoms with Crippen molar-refractivity contribution in [2.45, 2.75) is 25.7 Å². The minimum absolute atomic E-state index is 0.0415. The van der Waals surface area contributed by atoms with E-state index in [0.717, 1.165) is 25.7 Å². The normalized spacial score (nSPS) is 27.1. The van der Waals surface area contributed by atoms with Crippen LogP contribution in [0, 0.1) is 11.8 Å². The Kier molecular flexibility index (Phi) is 2.90. The van der Waals surface area contributed by atoms with Crippen LogP contribution in [0.15, 0.2) is 30.3 Å². The van der Waals surface area contributed by atoms with E-state index in [1.165, 1.54) is 4.90 Å². The second kappa shape index (κ2) is 4.56. The average Bonchev–Trinajstić information content (AvgIpc) is 2.43. The number of rotatable bonds is 1. The molecule has 1 saturated heterocycles. The fourth-order valence-corrected chi connectivity index (χ4v) is 3.17. The zero-order valence-electron chi connectivity index (χ0n) is 10.3. The lowest BCUT2D eigenvalue weighted by Gasteiger charge is -2.39. The maximum Gasteiger partial charge on any atom is 0.260 e. The Balaban J connectivity index is 1.83. The molecule has 18 heavy (non-hydrogen) atoms. The zero-order valence-corrected chi connectivity index (χ0v) is 10.3. The van der Waals surface area contributed by atoms with E-state index in [9.17, 15) is 9.59 Å². The summed E-state index contributed by atoms with van der Waals surface area (Å²) in [6, 6.07) is 9.11. The Morgan fingerprint density at radius 3 is 2.72 bits per heavy atom. The highest BCUT2D eigenvalue weighted by molar-refractivity contribution is 6.05. The molecule has 2 amide bonds. The summed E-state index contributed by atoms with van der Waals surface area (Å²) in [5, 5.41) is 0. The van der Waals surface area contributed by atoms with Gasteiger partial charge in [-0.3, -0.25) is 14.5 Å².